The van der Waals surface area contributed by atoms with Crippen molar-refractivity contribution in [3.63, 3.8) is 0 Å². The fraction of sp³-hybridized carbons (Fsp3) is 0.333. The Kier molecular flexibility index (Phi) is 6.35. The largest absolute Gasteiger partial charge is 0.329 e. The van der Waals surface area contributed by atoms with E-state index in [2.05, 4.69) is 56.2 Å². The summed E-state index contributed by atoms with van der Waals surface area (Å²) < 4.78 is 2.18. The molecule has 0 unspecified atom stereocenters. The second kappa shape index (κ2) is 9.51. The topological polar surface area (TPSA) is 56.9 Å². The molecule has 1 N–H and O–H groups in total. The van der Waals surface area contributed by atoms with Crippen molar-refractivity contribution in [2.45, 2.75) is 38.5 Å². The van der Waals surface area contributed by atoms with E-state index >= 15 is 0 Å². The van der Waals surface area contributed by atoms with Crippen molar-refractivity contribution in [2.24, 2.45) is 0 Å². The van der Waals surface area contributed by atoms with E-state index in [0.717, 1.165) is 32.7 Å². The van der Waals surface area contributed by atoms with Gasteiger partial charge in [-0.05, 0) is 49.2 Å². The molecule has 2 heterocycles. The number of benzene rings is 2. The van der Waals surface area contributed by atoms with Gasteiger partial charge >= 0.3 is 0 Å². The Balaban J connectivity index is 1.25. The maximum absolute atomic E-state index is 8.94. The summed E-state index contributed by atoms with van der Waals surface area (Å²) >= 11 is 0. The normalized spacial score (nSPS) is 15.3. The van der Waals surface area contributed by atoms with Gasteiger partial charge in [0.1, 0.15) is 0 Å². The lowest BCUT2D eigenvalue weighted by atomic mass is 10.0. The third kappa shape index (κ3) is 5.32. The molecule has 1 aliphatic heterocycles. The number of nitriles is 1. The molecule has 0 aliphatic carbocycles. The number of imidazole rings is 1. The van der Waals surface area contributed by atoms with E-state index in [0.29, 0.717) is 11.6 Å². The van der Waals surface area contributed by atoms with Gasteiger partial charge in [0.05, 0.1) is 23.7 Å². The first kappa shape index (κ1) is 19.4. The molecule has 1 saturated heterocycles. The monoisotopic (exact) mass is 385 g/mol. The van der Waals surface area contributed by atoms with Crippen LogP contribution >= 0.6 is 0 Å². The molecule has 5 heteroatoms. The number of hydrogen-bond donors (Lipinski definition) is 1. The molecule has 29 heavy (non-hydrogen) atoms. The maximum atomic E-state index is 8.94. The van der Waals surface area contributed by atoms with Crippen LogP contribution in [-0.4, -0.2) is 33.6 Å². The van der Waals surface area contributed by atoms with Gasteiger partial charge in [-0.25, -0.2) is 4.98 Å². The zero-order valence-electron chi connectivity index (χ0n) is 16.7. The van der Waals surface area contributed by atoms with Gasteiger partial charge in [-0.1, -0.05) is 42.5 Å². The number of aromatic nitrogens is 2. The predicted octanol–water partition coefficient (Wildman–Crippen LogP) is 3.56. The van der Waals surface area contributed by atoms with Gasteiger partial charge in [0.2, 0.25) is 0 Å². The lowest BCUT2D eigenvalue weighted by molar-refractivity contribution is 0.189. The smallest absolute Gasteiger partial charge is 0.0991 e. The minimum absolute atomic E-state index is 0.556. The molecule has 0 bridgehead atoms. The van der Waals surface area contributed by atoms with Gasteiger partial charge < -0.3 is 9.88 Å². The van der Waals surface area contributed by atoms with E-state index in [1.165, 1.54) is 29.7 Å². The Bertz CT molecular complexity index is 931. The number of piperidine rings is 1. The zero-order valence-corrected chi connectivity index (χ0v) is 16.7. The molecule has 5 nitrogen and oxygen atoms in total. The molecule has 0 spiro atoms. The van der Waals surface area contributed by atoms with E-state index in [4.69, 9.17) is 5.26 Å². The molecule has 148 valence electrons. The Labute approximate surface area is 172 Å². The molecule has 4 rings (SSSR count). The summed E-state index contributed by atoms with van der Waals surface area (Å²) in [5.41, 5.74) is 4.46. The predicted molar refractivity (Wildman–Crippen MR) is 114 cm³/mol. The standard InChI is InChI=1S/C24H27N5/c25-14-20-6-8-22(9-7-20)18-29-19-26-15-24(29)16-27-23-10-12-28(13-11-23)17-21-4-2-1-3-5-21/h1-9,15,19,23,27H,10-13,16-18H2. The summed E-state index contributed by atoms with van der Waals surface area (Å²) in [4.78, 5) is 6.88. The van der Waals surface area contributed by atoms with E-state index in [1.807, 2.05) is 36.8 Å². The van der Waals surface area contributed by atoms with Gasteiger partial charge in [-0.2, -0.15) is 5.26 Å². The van der Waals surface area contributed by atoms with Crippen LogP contribution < -0.4 is 5.32 Å². The third-order valence-electron chi connectivity index (χ3n) is 5.64. The molecular weight excluding hydrogens is 358 g/mol. The third-order valence-corrected chi connectivity index (χ3v) is 5.64. The van der Waals surface area contributed by atoms with Crippen LogP contribution in [0.1, 0.15) is 35.2 Å². The summed E-state index contributed by atoms with van der Waals surface area (Å²) in [5, 5.41) is 12.7. The van der Waals surface area contributed by atoms with Crippen molar-refractivity contribution in [3.05, 3.63) is 89.5 Å². The highest BCUT2D eigenvalue weighted by Crippen LogP contribution is 2.15. The van der Waals surface area contributed by atoms with Crippen LogP contribution in [0.3, 0.4) is 0 Å². The Morgan fingerprint density at radius 2 is 1.69 bits per heavy atom. The summed E-state index contributed by atoms with van der Waals surface area (Å²) in [6.07, 6.45) is 6.19. The van der Waals surface area contributed by atoms with Crippen LogP contribution in [0, 0.1) is 11.3 Å². The van der Waals surface area contributed by atoms with Crippen LogP contribution in [0.5, 0.6) is 0 Å². The summed E-state index contributed by atoms with van der Waals surface area (Å²) in [6.45, 7) is 4.93. The first-order chi connectivity index (χ1) is 14.3. The minimum Gasteiger partial charge on any atom is -0.329 e. The molecular formula is C24H27N5. The van der Waals surface area contributed by atoms with Crippen molar-refractivity contribution in [2.75, 3.05) is 13.1 Å². The second-order valence-electron chi connectivity index (χ2n) is 7.74. The highest BCUT2D eigenvalue weighted by molar-refractivity contribution is 5.31. The molecule has 0 radical (unpaired) electrons. The van der Waals surface area contributed by atoms with Crippen LogP contribution in [0.4, 0.5) is 0 Å². The first-order valence-corrected chi connectivity index (χ1v) is 10.3. The van der Waals surface area contributed by atoms with Gasteiger partial charge in [0, 0.05) is 31.9 Å². The summed E-state index contributed by atoms with van der Waals surface area (Å²) in [7, 11) is 0. The van der Waals surface area contributed by atoms with Gasteiger partial charge in [0.15, 0.2) is 0 Å². The van der Waals surface area contributed by atoms with E-state index in [-0.39, 0.29) is 0 Å². The number of rotatable bonds is 7. The molecule has 3 aromatic rings. The number of nitrogens with zero attached hydrogens (tertiary/aromatic N) is 4. The second-order valence-corrected chi connectivity index (χ2v) is 7.74. The van der Waals surface area contributed by atoms with Crippen molar-refractivity contribution in [1.82, 2.24) is 19.8 Å². The van der Waals surface area contributed by atoms with Crippen LogP contribution in [0.25, 0.3) is 0 Å². The molecule has 1 aromatic heterocycles. The Morgan fingerprint density at radius 3 is 2.41 bits per heavy atom. The van der Waals surface area contributed by atoms with Crippen molar-refractivity contribution < 1.29 is 0 Å². The molecule has 0 amide bonds. The average Bonchev–Trinajstić information content (AvgIpc) is 3.21. The quantitative estimate of drug-likeness (QED) is 0.676. The molecule has 1 fully saturated rings. The van der Waals surface area contributed by atoms with Gasteiger partial charge in [0.25, 0.3) is 0 Å². The lowest BCUT2D eigenvalue weighted by Crippen LogP contribution is -2.42. The van der Waals surface area contributed by atoms with E-state index < -0.39 is 0 Å². The highest BCUT2D eigenvalue weighted by Gasteiger charge is 2.19. The maximum Gasteiger partial charge on any atom is 0.0991 e. The fourth-order valence-electron chi connectivity index (χ4n) is 3.90. The van der Waals surface area contributed by atoms with E-state index in [1.54, 1.807) is 0 Å². The molecule has 1 aliphatic rings. The van der Waals surface area contributed by atoms with Crippen LogP contribution in [0.2, 0.25) is 0 Å². The van der Waals surface area contributed by atoms with E-state index in [9.17, 15) is 0 Å². The minimum atomic E-state index is 0.556. The van der Waals surface area contributed by atoms with Gasteiger partial charge in [-0.15, -0.1) is 0 Å². The summed E-state index contributed by atoms with van der Waals surface area (Å²) in [6, 6.07) is 21.2. The Hall–Kier alpha value is -2.94. The van der Waals surface area contributed by atoms with Crippen LogP contribution in [0.15, 0.2) is 67.1 Å². The SMILES string of the molecule is N#Cc1ccc(Cn2cncc2CNC2CCN(Cc3ccccc3)CC2)cc1. The number of nitrogens with one attached hydrogen (secondary N) is 1. The first-order valence-electron chi connectivity index (χ1n) is 10.3. The molecule has 2 aromatic carbocycles. The summed E-state index contributed by atoms with van der Waals surface area (Å²) in [5.74, 6) is 0. The average molecular weight is 386 g/mol. The van der Waals surface area contributed by atoms with Crippen molar-refractivity contribution in [1.29, 1.82) is 5.26 Å². The zero-order chi connectivity index (χ0) is 19.9. The molecule has 0 atom stereocenters. The number of likely N-dealkylation sites (tertiary alicyclic amines) is 1. The van der Waals surface area contributed by atoms with Gasteiger partial charge in [-0.3, -0.25) is 4.90 Å². The lowest BCUT2D eigenvalue weighted by Gasteiger charge is -2.32. The van der Waals surface area contributed by atoms with Crippen molar-refractivity contribution in [3.8, 4) is 6.07 Å². The fourth-order valence-corrected chi connectivity index (χ4v) is 3.90. The Morgan fingerprint density at radius 1 is 0.966 bits per heavy atom. The number of hydrogen-bond acceptors (Lipinski definition) is 4. The molecule has 0 saturated carbocycles. The van der Waals surface area contributed by atoms with Crippen LogP contribution in [-0.2, 0) is 19.6 Å². The highest BCUT2D eigenvalue weighted by atomic mass is 15.1. The van der Waals surface area contributed by atoms with Crippen molar-refractivity contribution >= 4 is 0 Å².